The van der Waals surface area contributed by atoms with Crippen molar-refractivity contribution in [3.63, 3.8) is 0 Å². The Bertz CT molecular complexity index is 1360. The predicted molar refractivity (Wildman–Crippen MR) is 127 cm³/mol. The van der Waals surface area contributed by atoms with Gasteiger partial charge in [0.25, 0.3) is 6.47 Å². The summed E-state index contributed by atoms with van der Waals surface area (Å²) in [6.45, 7) is 3.94. The lowest BCUT2D eigenvalue weighted by Gasteiger charge is -2.10. The highest BCUT2D eigenvalue weighted by Gasteiger charge is 2.25. The first-order valence-corrected chi connectivity index (χ1v) is 10.8. The molecule has 0 fully saturated rings. The van der Waals surface area contributed by atoms with Crippen molar-refractivity contribution in [1.29, 1.82) is 0 Å². The van der Waals surface area contributed by atoms with Crippen LogP contribution in [0.2, 0.25) is 0 Å². The number of fused-ring (bicyclic) bond motifs is 1. The fourth-order valence-corrected chi connectivity index (χ4v) is 4.96. The van der Waals surface area contributed by atoms with Gasteiger partial charge in [0.05, 0.1) is 10.4 Å². The van der Waals surface area contributed by atoms with Crippen LogP contribution in [0.5, 0.6) is 17.2 Å². The van der Waals surface area contributed by atoms with Gasteiger partial charge in [-0.2, -0.15) is 0 Å². The van der Waals surface area contributed by atoms with E-state index in [1.54, 1.807) is 43.3 Å². The van der Waals surface area contributed by atoms with Gasteiger partial charge in [-0.25, -0.2) is 0 Å². The van der Waals surface area contributed by atoms with E-state index in [1.165, 1.54) is 17.6 Å². The van der Waals surface area contributed by atoms with Gasteiger partial charge in [-0.15, -0.1) is 11.3 Å². The summed E-state index contributed by atoms with van der Waals surface area (Å²) in [5.74, 6) is 0.283. The smallest absolute Gasteiger partial charge is 0.298 e. The van der Waals surface area contributed by atoms with Crippen LogP contribution in [0.4, 0.5) is 0 Å². The number of aromatic hydroxyl groups is 2. The minimum Gasteiger partial charge on any atom is -0.508 e. The van der Waals surface area contributed by atoms with Crippen molar-refractivity contribution in [1.82, 2.24) is 0 Å². The average Bonchev–Trinajstić information content (AvgIpc) is 3.15. The van der Waals surface area contributed by atoms with Crippen LogP contribution >= 0.6 is 11.3 Å². The Morgan fingerprint density at radius 2 is 1.73 bits per heavy atom. The van der Waals surface area contributed by atoms with Crippen molar-refractivity contribution in [3.8, 4) is 28.4 Å². The zero-order valence-electron chi connectivity index (χ0n) is 17.9. The lowest BCUT2D eigenvalue weighted by molar-refractivity contribution is -0.123. The maximum atomic E-state index is 13.6. The van der Waals surface area contributed by atoms with Gasteiger partial charge in [-0.3, -0.25) is 9.59 Å². The first-order valence-electron chi connectivity index (χ1n) is 10.0. The van der Waals surface area contributed by atoms with Gasteiger partial charge >= 0.3 is 0 Å². The molecule has 1 heterocycles. The summed E-state index contributed by atoms with van der Waals surface area (Å²) in [5.41, 5.74) is 3.31. The topological polar surface area (TPSA) is 93.1 Å². The molecule has 2 N–H and O–H groups in total. The fraction of sp³-hybridized carbons (Fsp3) is 0.0769. The molecule has 4 aromatic rings. The SMILES string of the molecule is Cc1cc(C)c(C(=O)c2sc3cc(O)ccc3c2-c2ccc(O/C=C/OC=O)cc2)c(O)c1. The monoisotopic (exact) mass is 460 g/mol. The highest BCUT2D eigenvalue weighted by atomic mass is 32.1. The molecule has 0 radical (unpaired) electrons. The normalized spacial score (nSPS) is 11.1. The molecule has 0 unspecified atom stereocenters. The highest BCUT2D eigenvalue weighted by molar-refractivity contribution is 7.21. The molecular weight excluding hydrogens is 440 g/mol. The molecular formula is C26H20O6S. The van der Waals surface area contributed by atoms with Gasteiger partial charge in [0.15, 0.2) is 0 Å². The molecule has 1 aromatic heterocycles. The molecule has 0 saturated heterocycles. The van der Waals surface area contributed by atoms with Crippen molar-refractivity contribution in [2.24, 2.45) is 0 Å². The van der Waals surface area contributed by atoms with Crippen molar-refractivity contribution >= 4 is 33.7 Å². The Morgan fingerprint density at radius 1 is 0.970 bits per heavy atom. The predicted octanol–water partition coefficient (Wildman–Crippen LogP) is 5.85. The molecule has 0 bridgehead atoms. The average molecular weight is 461 g/mol. The largest absolute Gasteiger partial charge is 0.508 e. The van der Waals surface area contributed by atoms with E-state index in [2.05, 4.69) is 4.74 Å². The number of rotatable bonds is 7. The van der Waals surface area contributed by atoms with Gasteiger partial charge < -0.3 is 19.7 Å². The number of phenolic OH excluding ortho intramolecular Hbond substituents is 2. The molecule has 0 aliphatic carbocycles. The second-order valence-corrected chi connectivity index (χ2v) is 8.49. The molecule has 0 aliphatic rings. The minimum atomic E-state index is -0.282. The van der Waals surface area contributed by atoms with Crippen LogP contribution in [0.3, 0.4) is 0 Å². The van der Waals surface area contributed by atoms with Crippen LogP contribution < -0.4 is 4.74 Å². The molecule has 6 nitrogen and oxygen atoms in total. The van der Waals surface area contributed by atoms with E-state index < -0.39 is 0 Å². The van der Waals surface area contributed by atoms with Gasteiger partial charge in [-0.05, 0) is 66.9 Å². The Hall–Kier alpha value is -4.10. The van der Waals surface area contributed by atoms with E-state index in [0.717, 1.165) is 27.5 Å². The van der Waals surface area contributed by atoms with Crippen molar-refractivity contribution in [3.05, 3.63) is 88.7 Å². The van der Waals surface area contributed by atoms with Gasteiger partial charge in [0, 0.05) is 15.6 Å². The minimum absolute atomic E-state index is 0.0585. The van der Waals surface area contributed by atoms with Crippen LogP contribution in [0.1, 0.15) is 26.4 Å². The number of carbonyl (C=O) groups is 2. The molecule has 0 amide bonds. The van der Waals surface area contributed by atoms with Crippen LogP contribution in [0.15, 0.2) is 67.1 Å². The third-order valence-corrected chi connectivity index (χ3v) is 6.25. The van der Waals surface area contributed by atoms with E-state index in [9.17, 15) is 19.8 Å². The number of carbonyl (C=O) groups excluding carboxylic acids is 2. The number of ketones is 1. The molecule has 3 aromatic carbocycles. The molecule has 33 heavy (non-hydrogen) atoms. The van der Waals surface area contributed by atoms with Crippen LogP contribution in [-0.2, 0) is 9.53 Å². The number of aryl methyl sites for hydroxylation is 2. The van der Waals surface area contributed by atoms with Crippen LogP contribution in [-0.4, -0.2) is 22.5 Å². The Labute approximate surface area is 194 Å². The maximum Gasteiger partial charge on any atom is 0.298 e. The Balaban J connectivity index is 1.82. The standard InChI is InChI=1S/C26H20O6S/c1-15-11-16(2)23(21(29)12-15)25(30)26-24(20-8-5-18(28)13-22(20)33-26)17-3-6-19(7-4-17)32-10-9-31-14-27/h3-14,28-29H,1-2H3/b10-9+. The molecule has 0 spiro atoms. The van der Waals surface area contributed by atoms with Crippen LogP contribution in [0.25, 0.3) is 21.2 Å². The number of hydrogen-bond acceptors (Lipinski definition) is 7. The van der Waals surface area contributed by atoms with Crippen LogP contribution in [0, 0.1) is 13.8 Å². The summed E-state index contributed by atoms with van der Waals surface area (Å²) in [4.78, 5) is 24.3. The lowest BCUT2D eigenvalue weighted by Crippen LogP contribution is -2.04. The summed E-state index contributed by atoms with van der Waals surface area (Å²) in [6, 6.07) is 15.5. The molecule has 166 valence electrons. The summed E-state index contributed by atoms with van der Waals surface area (Å²) >= 11 is 1.27. The first kappa shape index (κ1) is 22.1. The van der Waals surface area contributed by atoms with Gasteiger partial charge in [-0.1, -0.05) is 18.2 Å². The second kappa shape index (κ2) is 9.18. The molecule has 7 heteroatoms. The zero-order valence-corrected chi connectivity index (χ0v) is 18.7. The molecule has 0 saturated carbocycles. The summed E-state index contributed by atoms with van der Waals surface area (Å²) in [5, 5.41) is 21.3. The number of thiophene rings is 1. The zero-order chi connectivity index (χ0) is 23.5. The van der Waals surface area contributed by atoms with Gasteiger partial charge in [0.1, 0.15) is 29.8 Å². The van der Waals surface area contributed by atoms with Crippen molar-refractivity contribution in [2.45, 2.75) is 13.8 Å². The van der Waals surface area contributed by atoms with E-state index in [4.69, 9.17) is 4.74 Å². The summed E-state index contributed by atoms with van der Waals surface area (Å²) in [6.07, 6.45) is 2.36. The van der Waals surface area contributed by atoms with Crippen molar-refractivity contribution < 1.29 is 29.3 Å². The second-order valence-electron chi connectivity index (χ2n) is 7.44. The third kappa shape index (κ3) is 4.44. The molecule has 0 aliphatic heterocycles. The first-order chi connectivity index (χ1) is 15.9. The third-order valence-electron chi connectivity index (χ3n) is 5.10. The van der Waals surface area contributed by atoms with Gasteiger partial charge in [0.2, 0.25) is 5.78 Å². The number of hydrogen-bond donors (Lipinski definition) is 2. The maximum absolute atomic E-state index is 13.6. The summed E-state index contributed by atoms with van der Waals surface area (Å²) < 4.78 is 10.6. The number of ether oxygens (including phenoxy) is 2. The number of benzene rings is 3. The lowest BCUT2D eigenvalue weighted by atomic mass is 9.95. The van der Waals surface area contributed by atoms with E-state index in [0.29, 0.717) is 21.8 Å². The summed E-state index contributed by atoms with van der Waals surface area (Å²) in [7, 11) is 0. The van der Waals surface area contributed by atoms with E-state index in [1.807, 2.05) is 25.1 Å². The molecule has 0 atom stereocenters. The number of phenols is 2. The highest BCUT2D eigenvalue weighted by Crippen LogP contribution is 2.42. The molecule has 4 rings (SSSR count). The van der Waals surface area contributed by atoms with E-state index >= 15 is 0 Å². The van der Waals surface area contributed by atoms with Crippen molar-refractivity contribution in [2.75, 3.05) is 0 Å². The quantitative estimate of drug-likeness (QED) is 0.204. The Kier molecular flexibility index (Phi) is 6.15. The van der Waals surface area contributed by atoms with E-state index in [-0.39, 0.29) is 29.3 Å². The Morgan fingerprint density at radius 3 is 2.42 bits per heavy atom. The fourth-order valence-electron chi connectivity index (χ4n) is 3.76.